The minimum Gasteiger partial charge on any atom is -0.307 e. The summed E-state index contributed by atoms with van der Waals surface area (Å²) in [6.45, 7) is 3.30. The highest BCUT2D eigenvalue weighted by atomic mass is 35.5. The number of unbranched alkanes of at least 4 members (excludes halogenated alkanes) is 1. The molecule has 102 valence electrons. The molecule has 2 rings (SSSR count). The quantitative estimate of drug-likeness (QED) is 0.739. The Labute approximate surface area is 126 Å². The smallest absolute Gasteiger partial charge is 0.0595 e. The molecule has 0 bridgehead atoms. The first-order valence-electron chi connectivity index (χ1n) is 6.38. The van der Waals surface area contributed by atoms with E-state index in [1.807, 2.05) is 12.1 Å². The van der Waals surface area contributed by atoms with Crippen molar-refractivity contribution in [2.45, 2.75) is 44.6 Å². The van der Waals surface area contributed by atoms with Crippen LogP contribution in [0.1, 0.15) is 44.6 Å². The first kappa shape index (κ1) is 16.1. The number of hydrogen-bond acceptors (Lipinski definition) is 1. The van der Waals surface area contributed by atoms with Crippen molar-refractivity contribution in [2.75, 3.05) is 6.54 Å². The van der Waals surface area contributed by atoms with Crippen molar-refractivity contribution in [1.29, 1.82) is 0 Å². The Balaban J connectivity index is 0.00000162. The van der Waals surface area contributed by atoms with Crippen LogP contribution in [0.15, 0.2) is 18.2 Å². The molecular weight excluding hydrogens is 289 g/mol. The zero-order valence-corrected chi connectivity index (χ0v) is 13.0. The van der Waals surface area contributed by atoms with Crippen LogP contribution in [-0.2, 0) is 5.54 Å². The van der Waals surface area contributed by atoms with Gasteiger partial charge < -0.3 is 5.32 Å². The van der Waals surface area contributed by atoms with Gasteiger partial charge in [0.2, 0.25) is 0 Å². The predicted molar refractivity (Wildman–Crippen MR) is 82.1 cm³/mol. The molecule has 1 N–H and O–H groups in total. The summed E-state index contributed by atoms with van der Waals surface area (Å²) in [6.07, 6.45) is 6.15. The van der Waals surface area contributed by atoms with E-state index in [9.17, 15) is 0 Å². The van der Waals surface area contributed by atoms with Gasteiger partial charge in [0.25, 0.3) is 0 Å². The van der Waals surface area contributed by atoms with Crippen molar-refractivity contribution in [3.8, 4) is 0 Å². The van der Waals surface area contributed by atoms with Crippen molar-refractivity contribution in [3.05, 3.63) is 33.8 Å². The molecule has 1 saturated carbocycles. The van der Waals surface area contributed by atoms with Gasteiger partial charge in [-0.2, -0.15) is 0 Å². The molecule has 0 amide bonds. The van der Waals surface area contributed by atoms with E-state index in [0.717, 1.165) is 6.54 Å². The third-order valence-corrected chi connectivity index (χ3v) is 4.41. The monoisotopic (exact) mass is 307 g/mol. The summed E-state index contributed by atoms with van der Waals surface area (Å²) in [4.78, 5) is 0. The van der Waals surface area contributed by atoms with Crippen LogP contribution in [0, 0.1) is 0 Å². The number of halogens is 3. The minimum absolute atomic E-state index is 0. The van der Waals surface area contributed by atoms with Gasteiger partial charge in [0, 0.05) is 5.54 Å². The summed E-state index contributed by atoms with van der Waals surface area (Å²) in [5.41, 5.74) is 1.44. The largest absolute Gasteiger partial charge is 0.307 e. The molecule has 0 spiro atoms. The minimum atomic E-state index is 0. The third-order valence-electron chi connectivity index (χ3n) is 3.67. The van der Waals surface area contributed by atoms with Gasteiger partial charge >= 0.3 is 0 Å². The lowest BCUT2D eigenvalue weighted by atomic mass is 9.72. The fraction of sp³-hybridized carbons (Fsp3) is 0.571. The van der Waals surface area contributed by atoms with Crippen LogP contribution in [0.2, 0.25) is 10.0 Å². The Morgan fingerprint density at radius 2 is 1.94 bits per heavy atom. The molecule has 18 heavy (non-hydrogen) atoms. The van der Waals surface area contributed by atoms with Gasteiger partial charge in [0.15, 0.2) is 0 Å². The van der Waals surface area contributed by atoms with Crippen LogP contribution >= 0.6 is 35.6 Å². The van der Waals surface area contributed by atoms with Gasteiger partial charge in [-0.05, 0) is 49.9 Å². The van der Waals surface area contributed by atoms with Crippen LogP contribution in [0.4, 0.5) is 0 Å². The van der Waals surface area contributed by atoms with Crippen molar-refractivity contribution in [2.24, 2.45) is 0 Å². The molecule has 0 aliphatic heterocycles. The van der Waals surface area contributed by atoms with Crippen LogP contribution in [0.3, 0.4) is 0 Å². The van der Waals surface area contributed by atoms with E-state index in [-0.39, 0.29) is 17.9 Å². The normalized spacial score (nSPS) is 16.8. The zero-order chi connectivity index (χ0) is 12.3. The molecule has 0 aromatic heterocycles. The second kappa shape index (κ2) is 7.00. The lowest BCUT2D eigenvalue weighted by Crippen LogP contribution is -2.48. The number of hydrogen-bond donors (Lipinski definition) is 1. The van der Waals surface area contributed by atoms with E-state index in [2.05, 4.69) is 18.3 Å². The number of rotatable bonds is 5. The third kappa shape index (κ3) is 3.33. The highest BCUT2D eigenvalue weighted by Crippen LogP contribution is 2.42. The lowest BCUT2D eigenvalue weighted by Gasteiger charge is -2.43. The van der Waals surface area contributed by atoms with Crippen LogP contribution < -0.4 is 5.32 Å². The maximum absolute atomic E-state index is 6.10. The molecule has 0 radical (unpaired) electrons. The first-order chi connectivity index (χ1) is 8.18. The molecule has 0 unspecified atom stereocenters. The molecule has 1 aliphatic rings. The second-order valence-corrected chi connectivity index (χ2v) is 5.66. The fourth-order valence-corrected chi connectivity index (χ4v) is 2.69. The van der Waals surface area contributed by atoms with E-state index in [1.165, 1.54) is 37.7 Å². The Morgan fingerprint density at radius 3 is 2.44 bits per heavy atom. The Bertz CT molecular complexity index is 389. The average Bonchev–Trinajstić information content (AvgIpc) is 2.26. The highest BCUT2D eigenvalue weighted by Gasteiger charge is 2.38. The maximum Gasteiger partial charge on any atom is 0.0595 e. The Kier molecular flexibility index (Phi) is 6.26. The van der Waals surface area contributed by atoms with E-state index in [4.69, 9.17) is 23.2 Å². The summed E-state index contributed by atoms with van der Waals surface area (Å²) < 4.78 is 0. The number of nitrogens with one attached hydrogen (secondary N) is 1. The standard InChI is InChI=1S/C14H19Cl2N.ClH/c1-2-3-9-17-14(7-4-8-14)11-5-6-12(15)13(16)10-11;/h5-6,10,17H,2-4,7-9H2,1H3;1H. The van der Waals surface area contributed by atoms with Crippen LogP contribution in [-0.4, -0.2) is 6.54 Å². The molecule has 1 nitrogen and oxygen atoms in total. The molecule has 1 aromatic rings. The van der Waals surface area contributed by atoms with Gasteiger partial charge in [0.05, 0.1) is 10.0 Å². The van der Waals surface area contributed by atoms with Crippen LogP contribution in [0.25, 0.3) is 0 Å². The summed E-state index contributed by atoms with van der Waals surface area (Å²) in [7, 11) is 0. The van der Waals surface area contributed by atoms with Crippen molar-refractivity contribution >= 4 is 35.6 Å². The maximum atomic E-state index is 6.10. The molecule has 0 atom stereocenters. The Hall–Kier alpha value is 0.0500. The first-order valence-corrected chi connectivity index (χ1v) is 7.14. The molecule has 1 aromatic carbocycles. The number of benzene rings is 1. The van der Waals surface area contributed by atoms with Crippen molar-refractivity contribution in [3.63, 3.8) is 0 Å². The van der Waals surface area contributed by atoms with Gasteiger partial charge in [-0.3, -0.25) is 0 Å². The molecule has 0 saturated heterocycles. The topological polar surface area (TPSA) is 12.0 Å². The van der Waals surface area contributed by atoms with E-state index < -0.39 is 0 Å². The predicted octanol–water partition coefficient (Wildman–Crippen LogP) is 5.18. The van der Waals surface area contributed by atoms with E-state index in [1.54, 1.807) is 0 Å². The molecule has 0 heterocycles. The summed E-state index contributed by atoms with van der Waals surface area (Å²) >= 11 is 12.1. The van der Waals surface area contributed by atoms with E-state index >= 15 is 0 Å². The van der Waals surface area contributed by atoms with Gasteiger partial charge in [-0.25, -0.2) is 0 Å². The van der Waals surface area contributed by atoms with Gasteiger partial charge in [-0.15, -0.1) is 12.4 Å². The summed E-state index contributed by atoms with van der Waals surface area (Å²) in [5.74, 6) is 0. The highest BCUT2D eigenvalue weighted by molar-refractivity contribution is 6.42. The molecule has 4 heteroatoms. The molecule has 1 fully saturated rings. The van der Waals surface area contributed by atoms with Crippen LogP contribution in [0.5, 0.6) is 0 Å². The molecular formula is C14H20Cl3N. The SMILES string of the molecule is CCCCNC1(c2ccc(Cl)c(Cl)c2)CCC1.Cl. The second-order valence-electron chi connectivity index (χ2n) is 4.84. The molecule has 1 aliphatic carbocycles. The summed E-state index contributed by atoms with van der Waals surface area (Å²) in [6, 6.07) is 6.02. The zero-order valence-electron chi connectivity index (χ0n) is 10.6. The van der Waals surface area contributed by atoms with E-state index in [0.29, 0.717) is 10.0 Å². The van der Waals surface area contributed by atoms with Gasteiger partial charge in [0.1, 0.15) is 0 Å². The van der Waals surface area contributed by atoms with Crippen molar-refractivity contribution in [1.82, 2.24) is 5.32 Å². The summed E-state index contributed by atoms with van der Waals surface area (Å²) in [5, 5.41) is 4.99. The van der Waals surface area contributed by atoms with Gasteiger partial charge in [-0.1, -0.05) is 42.6 Å². The average molecular weight is 309 g/mol. The Morgan fingerprint density at radius 1 is 1.22 bits per heavy atom. The fourth-order valence-electron chi connectivity index (χ4n) is 2.40. The lowest BCUT2D eigenvalue weighted by molar-refractivity contribution is 0.185. The van der Waals surface area contributed by atoms with Crippen molar-refractivity contribution < 1.29 is 0 Å².